The number of hydrogen-bond donors (Lipinski definition) is 2. The molecule has 0 aliphatic heterocycles. The lowest BCUT2D eigenvalue weighted by Gasteiger charge is -2.08. The molecule has 1 aromatic heterocycles. The van der Waals surface area contributed by atoms with Gasteiger partial charge in [0.2, 0.25) is 0 Å². The van der Waals surface area contributed by atoms with Crippen molar-refractivity contribution in [1.29, 1.82) is 0 Å². The number of aliphatic hydroxyl groups excluding tert-OH is 1. The number of benzene rings is 1. The molecule has 0 radical (unpaired) electrons. The topological polar surface area (TPSA) is 66.4 Å². The molecule has 0 bridgehead atoms. The third-order valence-electron chi connectivity index (χ3n) is 2.35. The molecule has 2 aromatic rings. The van der Waals surface area contributed by atoms with Gasteiger partial charge >= 0.3 is 0 Å². The van der Waals surface area contributed by atoms with E-state index in [0.717, 1.165) is 11.3 Å². The van der Waals surface area contributed by atoms with Gasteiger partial charge in [0.05, 0.1) is 21.1 Å². The van der Waals surface area contributed by atoms with Crippen LogP contribution in [0, 0.1) is 5.82 Å². The fourth-order valence-electron chi connectivity index (χ4n) is 1.44. The molecule has 20 heavy (non-hydrogen) atoms. The van der Waals surface area contributed by atoms with Crippen molar-refractivity contribution >= 4 is 54.6 Å². The SMILES string of the molecule is O=S(=O)(Nc1cccc(Cl)c1F)c1cc(CO)sc1Br. The molecule has 1 heterocycles. The van der Waals surface area contributed by atoms with E-state index in [1.807, 2.05) is 0 Å². The Balaban J connectivity index is 2.40. The normalized spacial score (nSPS) is 11.6. The molecule has 0 saturated carbocycles. The summed E-state index contributed by atoms with van der Waals surface area (Å²) >= 11 is 9.79. The van der Waals surface area contributed by atoms with Gasteiger partial charge in [0.1, 0.15) is 4.90 Å². The standard InChI is InChI=1S/C11H8BrClFNO3S2/c12-11-9(4-6(5-16)19-11)20(17,18)15-8-3-1-2-7(13)10(8)14/h1-4,15-16H,5H2. The molecular formula is C11H8BrClFNO3S2. The maximum Gasteiger partial charge on any atom is 0.263 e. The summed E-state index contributed by atoms with van der Waals surface area (Å²) in [6.45, 7) is -0.273. The lowest BCUT2D eigenvalue weighted by molar-refractivity contribution is 0.285. The van der Waals surface area contributed by atoms with E-state index in [9.17, 15) is 12.8 Å². The van der Waals surface area contributed by atoms with Gasteiger partial charge in [-0.3, -0.25) is 4.72 Å². The molecule has 1 aromatic carbocycles. The second kappa shape index (κ2) is 5.98. The van der Waals surface area contributed by atoms with Crippen LogP contribution in [0.2, 0.25) is 5.02 Å². The maximum atomic E-state index is 13.7. The van der Waals surface area contributed by atoms with Crippen LogP contribution in [-0.4, -0.2) is 13.5 Å². The van der Waals surface area contributed by atoms with Crippen molar-refractivity contribution in [2.24, 2.45) is 0 Å². The zero-order chi connectivity index (χ0) is 14.9. The lowest BCUT2D eigenvalue weighted by atomic mass is 10.3. The van der Waals surface area contributed by atoms with Crippen LogP contribution in [0.3, 0.4) is 0 Å². The monoisotopic (exact) mass is 399 g/mol. The highest BCUT2D eigenvalue weighted by Gasteiger charge is 2.22. The van der Waals surface area contributed by atoms with Crippen LogP contribution in [0.5, 0.6) is 0 Å². The highest BCUT2D eigenvalue weighted by Crippen LogP contribution is 2.33. The highest BCUT2D eigenvalue weighted by molar-refractivity contribution is 9.11. The first-order chi connectivity index (χ1) is 9.35. The molecule has 2 N–H and O–H groups in total. The van der Waals surface area contributed by atoms with E-state index in [1.54, 1.807) is 0 Å². The Hall–Kier alpha value is -0.670. The van der Waals surface area contributed by atoms with E-state index in [4.69, 9.17) is 16.7 Å². The zero-order valence-corrected chi connectivity index (χ0v) is 13.7. The molecule has 2 rings (SSSR count). The first-order valence-corrected chi connectivity index (χ1v) is 8.68. The summed E-state index contributed by atoms with van der Waals surface area (Å²) in [5, 5.41) is 8.83. The summed E-state index contributed by atoms with van der Waals surface area (Å²) < 4.78 is 40.6. The smallest absolute Gasteiger partial charge is 0.263 e. The van der Waals surface area contributed by atoms with Crippen LogP contribution in [0.15, 0.2) is 32.9 Å². The number of aliphatic hydroxyl groups is 1. The highest BCUT2D eigenvalue weighted by atomic mass is 79.9. The number of halogens is 3. The average Bonchev–Trinajstić information content (AvgIpc) is 2.77. The minimum absolute atomic E-state index is 0.0640. The summed E-state index contributed by atoms with van der Waals surface area (Å²) in [6, 6.07) is 5.34. The molecule has 0 fully saturated rings. The Labute approximate surface area is 132 Å². The molecule has 0 unspecified atom stereocenters. The van der Waals surface area contributed by atoms with Crippen molar-refractivity contribution in [1.82, 2.24) is 0 Å². The Morgan fingerprint density at radius 3 is 2.75 bits per heavy atom. The molecule has 4 nitrogen and oxygen atoms in total. The Bertz CT molecular complexity index is 748. The van der Waals surface area contributed by atoms with Crippen LogP contribution in [0.1, 0.15) is 4.88 Å². The largest absolute Gasteiger partial charge is 0.391 e. The molecule has 0 amide bonds. The van der Waals surface area contributed by atoms with Gasteiger partial charge in [-0.15, -0.1) is 11.3 Å². The van der Waals surface area contributed by atoms with Crippen molar-refractivity contribution in [3.8, 4) is 0 Å². The van der Waals surface area contributed by atoms with E-state index < -0.39 is 15.8 Å². The molecule has 0 spiro atoms. The van der Waals surface area contributed by atoms with Gasteiger partial charge in [0, 0.05) is 4.88 Å². The van der Waals surface area contributed by atoms with E-state index >= 15 is 0 Å². The zero-order valence-electron chi connectivity index (χ0n) is 9.73. The Morgan fingerprint density at radius 2 is 2.15 bits per heavy atom. The first-order valence-electron chi connectivity index (χ1n) is 5.21. The van der Waals surface area contributed by atoms with Crippen molar-refractivity contribution in [3.05, 3.63) is 43.8 Å². The van der Waals surface area contributed by atoms with E-state index in [1.165, 1.54) is 24.3 Å². The second-order valence-corrected chi connectivity index (χ2v) is 8.23. The molecule has 0 saturated heterocycles. The number of anilines is 1. The minimum Gasteiger partial charge on any atom is -0.391 e. The molecule has 0 aliphatic carbocycles. The number of hydrogen-bond acceptors (Lipinski definition) is 4. The van der Waals surface area contributed by atoms with Crippen LogP contribution >= 0.6 is 38.9 Å². The van der Waals surface area contributed by atoms with Gasteiger partial charge in [0.15, 0.2) is 5.82 Å². The molecular weight excluding hydrogens is 393 g/mol. The van der Waals surface area contributed by atoms with Gasteiger partial charge < -0.3 is 5.11 Å². The third kappa shape index (κ3) is 3.15. The van der Waals surface area contributed by atoms with Crippen molar-refractivity contribution in [3.63, 3.8) is 0 Å². The number of rotatable bonds is 4. The van der Waals surface area contributed by atoms with Gasteiger partial charge in [-0.25, -0.2) is 12.8 Å². The van der Waals surface area contributed by atoms with Gasteiger partial charge in [-0.05, 0) is 34.1 Å². The molecule has 9 heteroatoms. The third-order valence-corrected chi connectivity index (χ3v) is 6.24. The summed E-state index contributed by atoms with van der Waals surface area (Å²) in [5.41, 5.74) is -0.235. The minimum atomic E-state index is -3.97. The van der Waals surface area contributed by atoms with Crippen LogP contribution < -0.4 is 4.72 Å². The van der Waals surface area contributed by atoms with Gasteiger partial charge in [-0.1, -0.05) is 17.7 Å². The summed E-state index contributed by atoms with van der Waals surface area (Å²) in [4.78, 5) is 0.412. The predicted molar refractivity (Wildman–Crippen MR) is 80.2 cm³/mol. The second-order valence-electron chi connectivity index (χ2n) is 3.72. The summed E-state index contributed by atoms with van der Waals surface area (Å²) in [7, 11) is -3.97. The fraction of sp³-hybridized carbons (Fsp3) is 0.0909. The number of sulfonamides is 1. The number of thiophene rings is 1. The first kappa shape index (κ1) is 15.7. The van der Waals surface area contributed by atoms with Crippen LogP contribution in [0.25, 0.3) is 0 Å². The van der Waals surface area contributed by atoms with Gasteiger partial charge in [0.25, 0.3) is 10.0 Å². The predicted octanol–water partition coefficient (Wildman–Crippen LogP) is 3.60. The Morgan fingerprint density at radius 1 is 1.45 bits per heavy atom. The van der Waals surface area contributed by atoms with E-state index in [-0.39, 0.29) is 22.2 Å². The molecule has 0 aliphatic rings. The summed E-state index contributed by atoms with van der Waals surface area (Å²) in [5.74, 6) is -0.841. The van der Waals surface area contributed by atoms with Crippen molar-refractivity contribution in [2.75, 3.05) is 4.72 Å². The Kier molecular flexibility index (Phi) is 4.70. The van der Waals surface area contributed by atoms with Crippen molar-refractivity contribution in [2.45, 2.75) is 11.5 Å². The maximum absolute atomic E-state index is 13.7. The molecule has 108 valence electrons. The van der Waals surface area contributed by atoms with Crippen LogP contribution in [0.4, 0.5) is 10.1 Å². The van der Waals surface area contributed by atoms with Crippen molar-refractivity contribution < 1.29 is 17.9 Å². The summed E-state index contributed by atoms with van der Waals surface area (Å²) in [6.07, 6.45) is 0. The number of nitrogens with one attached hydrogen (secondary N) is 1. The van der Waals surface area contributed by atoms with Crippen LogP contribution in [-0.2, 0) is 16.6 Å². The van der Waals surface area contributed by atoms with E-state index in [2.05, 4.69) is 20.7 Å². The quantitative estimate of drug-likeness (QED) is 0.824. The average molecular weight is 401 g/mol. The molecule has 0 atom stereocenters. The van der Waals surface area contributed by atoms with Gasteiger partial charge in [-0.2, -0.15) is 0 Å². The van der Waals surface area contributed by atoms with E-state index in [0.29, 0.717) is 8.66 Å². The fourth-order valence-corrected chi connectivity index (χ4v) is 5.22. The lowest BCUT2D eigenvalue weighted by Crippen LogP contribution is -2.13.